The Bertz CT molecular complexity index is 267. The minimum Gasteiger partial charge on any atom is -0.397 e. The van der Waals surface area contributed by atoms with Gasteiger partial charge in [-0.1, -0.05) is 0 Å². The van der Waals surface area contributed by atoms with Crippen LogP contribution >= 0.6 is 0 Å². The summed E-state index contributed by atoms with van der Waals surface area (Å²) in [5.41, 5.74) is 7.76. The van der Waals surface area contributed by atoms with Crippen LogP contribution in [0.5, 0.6) is 0 Å². The number of rotatable bonds is 0. The monoisotopic (exact) mass is 152 g/mol. The molecule has 11 heavy (non-hydrogen) atoms. The van der Waals surface area contributed by atoms with Crippen LogP contribution < -0.4 is 11.1 Å². The lowest BCUT2D eigenvalue weighted by Gasteiger charge is -2.03. The van der Waals surface area contributed by atoms with E-state index in [9.17, 15) is 4.39 Å². The third kappa shape index (κ3) is 0.843. The normalized spacial score (nSPS) is 14.3. The Morgan fingerprint density at radius 1 is 1.45 bits per heavy atom. The number of nitrogen functional groups attached to an aromatic ring is 1. The van der Waals surface area contributed by atoms with Gasteiger partial charge in [0.05, 0.1) is 11.4 Å². The van der Waals surface area contributed by atoms with Gasteiger partial charge in [-0.15, -0.1) is 0 Å². The molecule has 3 heteroatoms. The summed E-state index contributed by atoms with van der Waals surface area (Å²) in [6, 6.07) is 3.01. The van der Waals surface area contributed by atoms with Gasteiger partial charge in [0, 0.05) is 12.1 Å². The average molecular weight is 152 g/mol. The first kappa shape index (κ1) is 6.46. The number of hydrogen-bond acceptors (Lipinski definition) is 2. The molecule has 0 amide bonds. The van der Waals surface area contributed by atoms with Crippen LogP contribution in [0.3, 0.4) is 0 Å². The van der Waals surface area contributed by atoms with Crippen LogP contribution in [-0.4, -0.2) is 6.54 Å². The fourth-order valence-corrected chi connectivity index (χ4v) is 1.41. The van der Waals surface area contributed by atoms with Crippen molar-refractivity contribution in [3.05, 3.63) is 23.5 Å². The number of fused-ring (bicyclic) bond motifs is 1. The van der Waals surface area contributed by atoms with Gasteiger partial charge in [-0.3, -0.25) is 0 Å². The molecule has 2 nitrogen and oxygen atoms in total. The molecule has 0 bridgehead atoms. The van der Waals surface area contributed by atoms with Crippen molar-refractivity contribution in [2.75, 3.05) is 17.6 Å². The number of halogens is 1. The Morgan fingerprint density at radius 2 is 2.27 bits per heavy atom. The molecule has 0 aromatic heterocycles. The second-order valence-corrected chi connectivity index (χ2v) is 2.67. The van der Waals surface area contributed by atoms with Crippen LogP contribution in [-0.2, 0) is 6.42 Å². The molecule has 58 valence electrons. The lowest BCUT2D eigenvalue weighted by Crippen LogP contribution is -1.95. The van der Waals surface area contributed by atoms with Gasteiger partial charge in [-0.25, -0.2) is 4.39 Å². The van der Waals surface area contributed by atoms with Gasteiger partial charge in [0.1, 0.15) is 5.82 Å². The Morgan fingerprint density at radius 3 is 3.00 bits per heavy atom. The van der Waals surface area contributed by atoms with Crippen molar-refractivity contribution in [2.24, 2.45) is 0 Å². The zero-order valence-corrected chi connectivity index (χ0v) is 6.02. The molecule has 2 rings (SSSR count). The molecule has 0 saturated heterocycles. The molecule has 0 saturated carbocycles. The average Bonchev–Trinajstić information content (AvgIpc) is 2.45. The van der Waals surface area contributed by atoms with E-state index in [1.54, 1.807) is 6.07 Å². The van der Waals surface area contributed by atoms with Gasteiger partial charge >= 0.3 is 0 Å². The van der Waals surface area contributed by atoms with Crippen molar-refractivity contribution < 1.29 is 4.39 Å². The van der Waals surface area contributed by atoms with Gasteiger partial charge in [-0.05, 0) is 18.6 Å². The maximum Gasteiger partial charge on any atom is 0.128 e. The fourth-order valence-electron chi connectivity index (χ4n) is 1.41. The van der Waals surface area contributed by atoms with Crippen molar-refractivity contribution in [3.63, 3.8) is 0 Å². The van der Waals surface area contributed by atoms with E-state index < -0.39 is 0 Å². The molecule has 1 aliphatic rings. The summed E-state index contributed by atoms with van der Waals surface area (Å²) in [4.78, 5) is 0. The molecule has 1 aliphatic heterocycles. The maximum absolute atomic E-state index is 13.0. The van der Waals surface area contributed by atoms with E-state index in [1.807, 2.05) is 0 Å². The maximum atomic E-state index is 13.0. The predicted octanol–water partition coefficient (Wildman–Crippen LogP) is 1.38. The van der Waals surface area contributed by atoms with Gasteiger partial charge in [-0.2, -0.15) is 0 Å². The molecule has 0 fully saturated rings. The molecule has 3 N–H and O–H groups in total. The lowest BCUT2D eigenvalue weighted by atomic mass is 10.1. The summed E-state index contributed by atoms with van der Waals surface area (Å²) in [5.74, 6) is -0.154. The Balaban J connectivity index is 2.64. The number of anilines is 2. The molecule has 1 aromatic carbocycles. The molecule has 0 atom stereocenters. The Labute approximate surface area is 64.2 Å². The Hall–Kier alpha value is -1.25. The van der Waals surface area contributed by atoms with Crippen molar-refractivity contribution in [2.45, 2.75) is 6.42 Å². The zero-order valence-electron chi connectivity index (χ0n) is 6.02. The van der Waals surface area contributed by atoms with Crippen LogP contribution in [0.1, 0.15) is 5.56 Å². The summed E-state index contributed by atoms with van der Waals surface area (Å²) in [7, 11) is 0. The molecule has 1 aromatic rings. The lowest BCUT2D eigenvalue weighted by molar-refractivity contribution is 0.616. The molecule has 0 spiro atoms. The molecular weight excluding hydrogens is 143 g/mol. The molecule has 1 heterocycles. The number of nitrogens with two attached hydrogens (primary N) is 1. The van der Waals surface area contributed by atoms with E-state index in [0.717, 1.165) is 24.2 Å². The van der Waals surface area contributed by atoms with Gasteiger partial charge in [0.2, 0.25) is 0 Å². The highest BCUT2D eigenvalue weighted by atomic mass is 19.1. The smallest absolute Gasteiger partial charge is 0.128 e. The highest BCUT2D eigenvalue weighted by Gasteiger charge is 2.16. The summed E-state index contributed by atoms with van der Waals surface area (Å²) < 4.78 is 13.0. The molecular formula is C8H9FN2. The number of benzene rings is 1. The standard InChI is InChI=1S/C8H9FN2/c9-6-1-2-7(10)8-5(6)3-4-11-8/h1-2,11H,3-4,10H2. The van der Waals surface area contributed by atoms with Crippen LogP contribution in [0.4, 0.5) is 15.8 Å². The summed E-state index contributed by atoms with van der Waals surface area (Å²) in [6.07, 6.45) is 0.742. The van der Waals surface area contributed by atoms with Crippen molar-refractivity contribution in [1.29, 1.82) is 0 Å². The van der Waals surface area contributed by atoms with Crippen molar-refractivity contribution in [3.8, 4) is 0 Å². The topological polar surface area (TPSA) is 38.0 Å². The van der Waals surface area contributed by atoms with Crippen LogP contribution in [0.15, 0.2) is 12.1 Å². The highest BCUT2D eigenvalue weighted by molar-refractivity contribution is 5.72. The van der Waals surface area contributed by atoms with Gasteiger partial charge < -0.3 is 11.1 Å². The Kier molecular flexibility index (Phi) is 1.24. The summed E-state index contributed by atoms with van der Waals surface area (Å²) in [5, 5.41) is 3.04. The molecule has 0 radical (unpaired) electrons. The second-order valence-electron chi connectivity index (χ2n) is 2.67. The number of hydrogen-bond donors (Lipinski definition) is 2. The van der Waals surface area contributed by atoms with Crippen LogP contribution in [0, 0.1) is 5.82 Å². The number of nitrogens with one attached hydrogen (secondary N) is 1. The molecule has 0 unspecified atom stereocenters. The minimum absolute atomic E-state index is 0.154. The second kappa shape index (κ2) is 2.12. The van der Waals surface area contributed by atoms with E-state index in [-0.39, 0.29) is 5.82 Å². The van der Waals surface area contributed by atoms with Crippen molar-refractivity contribution >= 4 is 11.4 Å². The predicted molar refractivity (Wildman–Crippen MR) is 43.0 cm³/mol. The fraction of sp³-hybridized carbons (Fsp3) is 0.250. The first-order chi connectivity index (χ1) is 5.29. The van der Waals surface area contributed by atoms with Crippen LogP contribution in [0.2, 0.25) is 0 Å². The SMILES string of the molecule is Nc1ccc(F)c2c1NCC2. The summed E-state index contributed by atoms with van der Waals surface area (Å²) in [6.45, 7) is 0.792. The van der Waals surface area contributed by atoms with E-state index in [0.29, 0.717) is 5.69 Å². The first-order valence-electron chi connectivity index (χ1n) is 3.60. The van der Waals surface area contributed by atoms with Gasteiger partial charge in [0.25, 0.3) is 0 Å². The van der Waals surface area contributed by atoms with E-state index in [4.69, 9.17) is 5.73 Å². The largest absolute Gasteiger partial charge is 0.397 e. The zero-order chi connectivity index (χ0) is 7.84. The van der Waals surface area contributed by atoms with E-state index in [2.05, 4.69) is 5.32 Å². The van der Waals surface area contributed by atoms with E-state index >= 15 is 0 Å². The van der Waals surface area contributed by atoms with Crippen molar-refractivity contribution in [1.82, 2.24) is 0 Å². The van der Waals surface area contributed by atoms with Crippen LogP contribution in [0.25, 0.3) is 0 Å². The first-order valence-corrected chi connectivity index (χ1v) is 3.60. The van der Waals surface area contributed by atoms with Gasteiger partial charge in [0.15, 0.2) is 0 Å². The summed E-state index contributed by atoms with van der Waals surface area (Å²) >= 11 is 0. The minimum atomic E-state index is -0.154. The quantitative estimate of drug-likeness (QED) is 0.551. The van der Waals surface area contributed by atoms with E-state index in [1.165, 1.54) is 6.07 Å². The third-order valence-electron chi connectivity index (χ3n) is 1.96. The molecule has 0 aliphatic carbocycles. The highest BCUT2D eigenvalue weighted by Crippen LogP contribution is 2.30. The third-order valence-corrected chi connectivity index (χ3v) is 1.96.